The Labute approximate surface area is 195 Å². The first-order valence-corrected chi connectivity index (χ1v) is 11.4. The summed E-state index contributed by atoms with van der Waals surface area (Å²) in [6.45, 7) is 0. The Morgan fingerprint density at radius 2 is 1.68 bits per heavy atom. The largest absolute Gasteiger partial charge is 0.354 e. The van der Waals surface area contributed by atoms with Crippen molar-refractivity contribution in [3.05, 3.63) is 100 Å². The second-order valence-corrected chi connectivity index (χ2v) is 8.81. The number of benzene rings is 3. The van der Waals surface area contributed by atoms with E-state index >= 15 is 0 Å². The van der Waals surface area contributed by atoms with Gasteiger partial charge < -0.3 is 4.98 Å². The first-order chi connectivity index (χ1) is 16.7. The fourth-order valence-corrected chi connectivity index (χ4v) is 5.46. The second kappa shape index (κ2) is 6.99. The van der Waals surface area contributed by atoms with Gasteiger partial charge in [-0.15, -0.1) is 0 Å². The zero-order chi connectivity index (χ0) is 22.8. The molecule has 0 radical (unpaired) electrons. The van der Waals surface area contributed by atoms with E-state index in [9.17, 15) is 9.59 Å². The molecule has 0 unspecified atom stereocenters. The highest BCUT2D eigenvalue weighted by Crippen LogP contribution is 2.45. The molecule has 5 heteroatoms. The average molecular weight is 441 g/mol. The maximum Gasteiger partial charge on any atom is 0.259 e. The molecule has 3 aromatic carbocycles. The fourth-order valence-electron chi connectivity index (χ4n) is 5.46. The third kappa shape index (κ3) is 2.64. The SMILES string of the molecule is O=C1NC(=O)c2c1c1c(c3[nH]c4ccc(C=Cc5ccccn5)cc4c23)-c2ccccc2CC1. The van der Waals surface area contributed by atoms with Crippen LogP contribution in [0.4, 0.5) is 0 Å². The summed E-state index contributed by atoms with van der Waals surface area (Å²) >= 11 is 0. The van der Waals surface area contributed by atoms with Gasteiger partial charge in [0.15, 0.2) is 0 Å². The number of hydrogen-bond acceptors (Lipinski definition) is 3. The van der Waals surface area contributed by atoms with Crippen LogP contribution in [0, 0.1) is 0 Å². The van der Waals surface area contributed by atoms with Crippen molar-refractivity contribution in [2.24, 2.45) is 0 Å². The molecular formula is C29H19N3O2. The number of rotatable bonds is 2. The lowest BCUT2D eigenvalue weighted by Crippen LogP contribution is -2.20. The minimum absolute atomic E-state index is 0.293. The molecule has 2 amide bonds. The first kappa shape index (κ1) is 19.0. The Kier molecular flexibility index (Phi) is 3.91. The van der Waals surface area contributed by atoms with Crippen LogP contribution in [0.15, 0.2) is 66.9 Å². The van der Waals surface area contributed by atoms with Gasteiger partial charge in [0, 0.05) is 28.0 Å². The van der Waals surface area contributed by atoms with Crippen molar-refractivity contribution >= 4 is 45.8 Å². The summed E-state index contributed by atoms with van der Waals surface area (Å²) in [6, 6.07) is 20.3. The number of carbonyl (C=O) groups is 2. The lowest BCUT2D eigenvalue weighted by molar-refractivity contribution is 0.0880. The van der Waals surface area contributed by atoms with Crippen molar-refractivity contribution in [1.82, 2.24) is 15.3 Å². The normalized spacial score (nSPS) is 14.5. The molecule has 162 valence electrons. The molecule has 1 aliphatic carbocycles. The first-order valence-electron chi connectivity index (χ1n) is 11.4. The number of aromatic amines is 1. The molecule has 2 aromatic heterocycles. The molecule has 1 aliphatic heterocycles. The van der Waals surface area contributed by atoms with E-state index in [2.05, 4.69) is 39.6 Å². The molecule has 0 atom stereocenters. The number of aromatic nitrogens is 2. The number of imide groups is 1. The zero-order valence-electron chi connectivity index (χ0n) is 18.2. The van der Waals surface area contributed by atoms with Gasteiger partial charge >= 0.3 is 0 Å². The van der Waals surface area contributed by atoms with E-state index in [4.69, 9.17) is 0 Å². The Balaban J connectivity index is 1.54. The van der Waals surface area contributed by atoms with Crippen molar-refractivity contribution in [2.75, 3.05) is 0 Å². The highest BCUT2D eigenvalue weighted by Gasteiger charge is 2.37. The summed E-state index contributed by atoms with van der Waals surface area (Å²) < 4.78 is 0. The van der Waals surface area contributed by atoms with Crippen LogP contribution in [0.2, 0.25) is 0 Å². The number of amides is 2. The smallest absolute Gasteiger partial charge is 0.259 e. The van der Waals surface area contributed by atoms with E-state index in [0.29, 0.717) is 11.1 Å². The molecule has 34 heavy (non-hydrogen) atoms. The maximum atomic E-state index is 13.0. The fraction of sp³-hybridized carbons (Fsp3) is 0.0690. The number of fused-ring (bicyclic) bond motifs is 10. The Bertz CT molecular complexity index is 1710. The predicted octanol–water partition coefficient (Wildman–Crippen LogP) is 5.54. The molecule has 5 aromatic rings. The molecule has 7 rings (SSSR count). The van der Waals surface area contributed by atoms with E-state index in [-0.39, 0.29) is 11.8 Å². The van der Waals surface area contributed by atoms with Gasteiger partial charge in [-0.05, 0) is 65.4 Å². The van der Waals surface area contributed by atoms with E-state index in [1.54, 1.807) is 6.20 Å². The van der Waals surface area contributed by atoms with Gasteiger partial charge in [-0.2, -0.15) is 0 Å². The van der Waals surface area contributed by atoms with Gasteiger partial charge in [0.2, 0.25) is 0 Å². The molecule has 0 fully saturated rings. The lowest BCUT2D eigenvalue weighted by atomic mass is 9.80. The van der Waals surface area contributed by atoms with Gasteiger partial charge in [0.1, 0.15) is 0 Å². The van der Waals surface area contributed by atoms with Crippen LogP contribution in [0.3, 0.4) is 0 Å². The summed E-state index contributed by atoms with van der Waals surface area (Å²) in [5, 5.41) is 4.30. The quantitative estimate of drug-likeness (QED) is 0.354. The predicted molar refractivity (Wildman–Crippen MR) is 134 cm³/mol. The van der Waals surface area contributed by atoms with Crippen molar-refractivity contribution in [2.45, 2.75) is 12.8 Å². The third-order valence-electron chi connectivity index (χ3n) is 6.92. The summed E-state index contributed by atoms with van der Waals surface area (Å²) in [5.41, 5.74) is 9.17. The summed E-state index contributed by atoms with van der Waals surface area (Å²) in [5.74, 6) is -0.611. The minimum Gasteiger partial charge on any atom is -0.354 e. The van der Waals surface area contributed by atoms with Crippen LogP contribution in [-0.4, -0.2) is 21.8 Å². The van der Waals surface area contributed by atoms with E-state index < -0.39 is 0 Å². The number of hydrogen-bond donors (Lipinski definition) is 2. The van der Waals surface area contributed by atoms with Crippen LogP contribution in [0.5, 0.6) is 0 Å². The van der Waals surface area contributed by atoms with Crippen molar-refractivity contribution in [3.63, 3.8) is 0 Å². The summed E-state index contributed by atoms with van der Waals surface area (Å²) in [6.07, 6.45) is 7.33. The molecular weight excluding hydrogens is 422 g/mol. The van der Waals surface area contributed by atoms with Crippen LogP contribution in [0.1, 0.15) is 43.1 Å². The monoisotopic (exact) mass is 441 g/mol. The standard InChI is InChI=1S/C29H19N3O2/c33-28-25-20-12-10-17-5-1-2-7-19(17)23(20)27-24(26(25)29(34)32-28)21-15-16(9-13-22(21)31-27)8-11-18-6-3-4-14-30-18/h1-9,11,13-15,31H,10,12H2,(H,32,33,34). The minimum atomic E-state index is -0.318. The number of nitrogens with zero attached hydrogens (tertiary/aromatic N) is 1. The van der Waals surface area contributed by atoms with Gasteiger partial charge in [0.25, 0.3) is 11.8 Å². The molecule has 0 saturated heterocycles. The van der Waals surface area contributed by atoms with Crippen LogP contribution >= 0.6 is 0 Å². The van der Waals surface area contributed by atoms with Crippen LogP contribution in [0.25, 0.3) is 45.1 Å². The maximum absolute atomic E-state index is 13.0. The number of carbonyl (C=O) groups excluding carboxylic acids is 2. The third-order valence-corrected chi connectivity index (χ3v) is 6.92. The lowest BCUT2D eigenvalue weighted by Gasteiger charge is -2.22. The van der Waals surface area contributed by atoms with Gasteiger partial charge in [-0.25, -0.2) is 0 Å². The highest BCUT2D eigenvalue weighted by molar-refractivity contribution is 6.32. The van der Waals surface area contributed by atoms with Gasteiger partial charge in [0.05, 0.1) is 22.3 Å². The Morgan fingerprint density at radius 1 is 0.824 bits per heavy atom. The molecule has 0 saturated carbocycles. The van der Waals surface area contributed by atoms with Gasteiger partial charge in [-0.3, -0.25) is 19.9 Å². The Morgan fingerprint density at radius 3 is 2.56 bits per heavy atom. The number of pyridine rings is 1. The van der Waals surface area contributed by atoms with Crippen molar-refractivity contribution < 1.29 is 9.59 Å². The highest BCUT2D eigenvalue weighted by atomic mass is 16.2. The molecule has 5 nitrogen and oxygen atoms in total. The second-order valence-electron chi connectivity index (χ2n) is 8.81. The number of aryl methyl sites for hydroxylation is 1. The summed E-state index contributed by atoms with van der Waals surface area (Å²) in [4.78, 5) is 33.9. The van der Waals surface area contributed by atoms with Gasteiger partial charge in [-0.1, -0.05) is 42.5 Å². The topological polar surface area (TPSA) is 74.8 Å². The average Bonchev–Trinajstić information content (AvgIpc) is 3.39. The van der Waals surface area contributed by atoms with Crippen molar-refractivity contribution in [1.29, 1.82) is 0 Å². The zero-order valence-corrected chi connectivity index (χ0v) is 18.2. The van der Waals surface area contributed by atoms with Crippen LogP contribution < -0.4 is 5.32 Å². The Hall–Kier alpha value is -4.51. The number of nitrogens with one attached hydrogen (secondary N) is 2. The van der Waals surface area contributed by atoms with E-state index in [0.717, 1.165) is 62.6 Å². The van der Waals surface area contributed by atoms with Crippen LogP contribution in [-0.2, 0) is 12.8 Å². The molecule has 2 aliphatic rings. The molecule has 0 bridgehead atoms. The van der Waals surface area contributed by atoms with E-state index in [1.807, 2.05) is 48.6 Å². The molecule has 2 N–H and O–H groups in total. The number of H-pyrrole nitrogens is 1. The van der Waals surface area contributed by atoms with E-state index in [1.165, 1.54) is 5.56 Å². The molecule has 0 spiro atoms. The molecule has 3 heterocycles. The van der Waals surface area contributed by atoms with Crippen molar-refractivity contribution in [3.8, 4) is 11.1 Å². The summed E-state index contributed by atoms with van der Waals surface area (Å²) in [7, 11) is 0.